The molecule has 0 atom stereocenters. The van der Waals surface area contributed by atoms with Gasteiger partial charge in [-0.05, 0) is 22.9 Å². The highest BCUT2D eigenvalue weighted by atomic mass is 79.9. The van der Waals surface area contributed by atoms with Crippen LogP contribution in [0.4, 0.5) is 0 Å². The summed E-state index contributed by atoms with van der Waals surface area (Å²) in [6.07, 6.45) is 3.58. The van der Waals surface area contributed by atoms with E-state index in [1.165, 1.54) is 0 Å². The van der Waals surface area contributed by atoms with Crippen LogP contribution in [0.2, 0.25) is 0 Å². The van der Waals surface area contributed by atoms with Gasteiger partial charge in [0, 0.05) is 13.2 Å². The van der Waals surface area contributed by atoms with Crippen molar-refractivity contribution in [3.8, 4) is 11.5 Å². The summed E-state index contributed by atoms with van der Waals surface area (Å²) in [6.45, 7) is 1.86. The highest BCUT2D eigenvalue weighted by molar-refractivity contribution is 9.10. The molecule has 2 rings (SSSR count). The van der Waals surface area contributed by atoms with Gasteiger partial charge in [0.1, 0.15) is 10.4 Å². The first-order valence-corrected chi connectivity index (χ1v) is 4.58. The van der Waals surface area contributed by atoms with Crippen LogP contribution < -0.4 is 0 Å². The number of nitrogens with zero attached hydrogens (tertiary/aromatic N) is 3. The predicted octanol–water partition coefficient (Wildman–Crippen LogP) is 2.15. The quantitative estimate of drug-likeness (QED) is 0.769. The van der Waals surface area contributed by atoms with E-state index in [0.717, 1.165) is 15.9 Å². The first-order valence-electron chi connectivity index (χ1n) is 3.79. The van der Waals surface area contributed by atoms with Crippen molar-refractivity contribution in [2.45, 2.75) is 6.92 Å². The number of hydrogen-bond acceptors (Lipinski definition) is 3. The normalized spacial score (nSPS) is 10.7. The second kappa shape index (κ2) is 2.99. The molecule has 2 heterocycles. The molecule has 0 aromatic carbocycles. The Labute approximate surface area is 83.7 Å². The van der Waals surface area contributed by atoms with Gasteiger partial charge in [-0.2, -0.15) is 5.10 Å². The van der Waals surface area contributed by atoms with E-state index >= 15 is 0 Å². The van der Waals surface area contributed by atoms with E-state index in [0.29, 0.717) is 5.89 Å². The van der Waals surface area contributed by atoms with Crippen molar-refractivity contribution < 1.29 is 4.42 Å². The van der Waals surface area contributed by atoms with Crippen molar-refractivity contribution in [1.82, 2.24) is 14.8 Å². The number of aryl methyl sites for hydroxylation is 2. The van der Waals surface area contributed by atoms with Gasteiger partial charge in [-0.15, -0.1) is 0 Å². The lowest BCUT2D eigenvalue weighted by Crippen LogP contribution is -1.84. The molecule has 68 valence electrons. The maximum atomic E-state index is 5.40. The van der Waals surface area contributed by atoms with Crippen LogP contribution >= 0.6 is 15.9 Å². The monoisotopic (exact) mass is 241 g/mol. The number of hydrogen-bond donors (Lipinski definition) is 0. The molecule has 0 saturated carbocycles. The summed E-state index contributed by atoms with van der Waals surface area (Å²) in [5.41, 5.74) is 0.885. The molecular weight excluding hydrogens is 234 g/mol. The van der Waals surface area contributed by atoms with E-state index in [-0.39, 0.29) is 0 Å². The molecule has 0 bridgehead atoms. The third kappa shape index (κ3) is 1.51. The van der Waals surface area contributed by atoms with Crippen molar-refractivity contribution in [1.29, 1.82) is 0 Å². The van der Waals surface area contributed by atoms with Gasteiger partial charge in [0.2, 0.25) is 5.89 Å². The van der Waals surface area contributed by atoms with E-state index in [1.54, 1.807) is 10.9 Å². The van der Waals surface area contributed by atoms with Gasteiger partial charge in [0.15, 0.2) is 0 Å². The summed E-state index contributed by atoms with van der Waals surface area (Å²) in [6, 6.07) is 0. The van der Waals surface area contributed by atoms with Gasteiger partial charge < -0.3 is 4.42 Å². The lowest BCUT2D eigenvalue weighted by atomic mass is 10.4. The molecule has 0 saturated heterocycles. The molecular formula is C8H8BrN3O. The minimum atomic E-state index is 0.595. The number of halogens is 1. The van der Waals surface area contributed by atoms with Gasteiger partial charge in [-0.25, -0.2) is 4.98 Å². The molecule has 0 spiro atoms. The smallest absolute Gasteiger partial charge is 0.230 e. The number of aromatic nitrogens is 3. The van der Waals surface area contributed by atoms with Crippen molar-refractivity contribution in [3.05, 3.63) is 22.8 Å². The Balaban J connectivity index is 2.46. The molecule has 0 radical (unpaired) electrons. The Kier molecular flexibility index (Phi) is 1.95. The first kappa shape index (κ1) is 8.50. The summed E-state index contributed by atoms with van der Waals surface area (Å²) in [5, 5.41) is 4.03. The van der Waals surface area contributed by atoms with Gasteiger partial charge in [0.05, 0.1) is 11.8 Å². The molecule has 5 heteroatoms. The van der Waals surface area contributed by atoms with E-state index in [4.69, 9.17) is 4.42 Å². The molecule has 0 fully saturated rings. The van der Waals surface area contributed by atoms with Crippen molar-refractivity contribution in [3.63, 3.8) is 0 Å². The van der Waals surface area contributed by atoms with Crippen LogP contribution in [0, 0.1) is 6.92 Å². The van der Waals surface area contributed by atoms with E-state index < -0.39 is 0 Å². The van der Waals surface area contributed by atoms with Crippen LogP contribution in [0.25, 0.3) is 11.5 Å². The zero-order valence-electron chi connectivity index (χ0n) is 7.28. The Morgan fingerprint density at radius 3 is 2.77 bits per heavy atom. The maximum Gasteiger partial charge on any atom is 0.230 e. The van der Waals surface area contributed by atoms with Crippen LogP contribution in [-0.4, -0.2) is 14.8 Å². The molecule has 0 aliphatic rings. The van der Waals surface area contributed by atoms with Crippen LogP contribution in [0.15, 0.2) is 21.4 Å². The Morgan fingerprint density at radius 2 is 2.31 bits per heavy atom. The standard InChI is InChI=1S/C8H8BrN3O/c1-5-7(9)11-8(13-5)6-3-10-12(2)4-6/h3-4H,1-2H3. The fourth-order valence-corrected chi connectivity index (χ4v) is 1.27. The third-order valence-corrected chi connectivity index (χ3v) is 2.43. The topological polar surface area (TPSA) is 43.9 Å². The summed E-state index contributed by atoms with van der Waals surface area (Å²) in [5.74, 6) is 1.37. The van der Waals surface area contributed by atoms with Crippen LogP contribution in [-0.2, 0) is 7.05 Å². The largest absolute Gasteiger partial charge is 0.440 e. The fourth-order valence-electron chi connectivity index (χ4n) is 1.03. The second-order valence-corrected chi connectivity index (χ2v) is 3.52. The zero-order valence-corrected chi connectivity index (χ0v) is 8.87. The van der Waals surface area contributed by atoms with E-state index in [1.807, 2.05) is 20.2 Å². The van der Waals surface area contributed by atoms with Crippen LogP contribution in [0.5, 0.6) is 0 Å². The molecule has 2 aromatic heterocycles. The summed E-state index contributed by atoms with van der Waals surface area (Å²) in [7, 11) is 1.86. The minimum absolute atomic E-state index is 0.595. The lowest BCUT2D eigenvalue weighted by molar-refractivity contribution is 0.541. The Morgan fingerprint density at radius 1 is 1.54 bits per heavy atom. The van der Waals surface area contributed by atoms with E-state index in [2.05, 4.69) is 26.0 Å². The fraction of sp³-hybridized carbons (Fsp3) is 0.250. The first-order chi connectivity index (χ1) is 6.16. The zero-order chi connectivity index (χ0) is 9.42. The third-order valence-electron chi connectivity index (χ3n) is 1.69. The molecule has 13 heavy (non-hydrogen) atoms. The molecule has 2 aromatic rings. The van der Waals surface area contributed by atoms with Crippen molar-refractivity contribution in [2.24, 2.45) is 7.05 Å². The minimum Gasteiger partial charge on any atom is -0.440 e. The molecule has 0 unspecified atom stereocenters. The summed E-state index contributed by atoms with van der Waals surface area (Å²) in [4.78, 5) is 4.19. The average Bonchev–Trinajstić information content (AvgIpc) is 2.61. The summed E-state index contributed by atoms with van der Waals surface area (Å²) < 4.78 is 7.86. The highest BCUT2D eigenvalue weighted by Gasteiger charge is 2.09. The Bertz CT molecular complexity index is 413. The number of rotatable bonds is 1. The van der Waals surface area contributed by atoms with E-state index in [9.17, 15) is 0 Å². The lowest BCUT2D eigenvalue weighted by Gasteiger charge is -1.85. The number of oxazole rings is 1. The highest BCUT2D eigenvalue weighted by Crippen LogP contribution is 2.23. The summed E-state index contributed by atoms with van der Waals surface area (Å²) >= 11 is 3.29. The Hall–Kier alpha value is -1.10. The SMILES string of the molecule is Cc1oc(-c2cnn(C)c2)nc1Br. The molecule has 0 N–H and O–H groups in total. The van der Waals surface area contributed by atoms with Gasteiger partial charge in [-0.3, -0.25) is 4.68 Å². The van der Waals surface area contributed by atoms with Gasteiger partial charge in [-0.1, -0.05) is 0 Å². The van der Waals surface area contributed by atoms with Crippen LogP contribution in [0.3, 0.4) is 0 Å². The molecule has 0 aliphatic carbocycles. The maximum absolute atomic E-state index is 5.40. The average molecular weight is 242 g/mol. The second-order valence-electron chi connectivity index (χ2n) is 2.77. The predicted molar refractivity (Wildman–Crippen MR) is 51.1 cm³/mol. The van der Waals surface area contributed by atoms with Crippen molar-refractivity contribution in [2.75, 3.05) is 0 Å². The molecule has 0 aliphatic heterocycles. The van der Waals surface area contributed by atoms with Crippen molar-refractivity contribution >= 4 is 15.9 Å². The van der Waals surface area contributed by atoms with Gasteiger partial charge >= 0.3 is 0 Å². The molecule has 4 nitrogen and oxygen atoms in total. The molecule has 0 amide bonds. The van der Waals surface area contributed by atoms with Crippen LogP contribution in [0.1, 0.15) is 5.76 Å². The van der Waals surface area contributed by atoms with Gasteiger partial charge in [0.25, 0.3) is 0 Å².